The van der Waals surface area contributed by atoms with Gasteiger partial charge in [-0.25, -0.2) is 0 Å². The van der Waals surface area contributed by atoms with E-state index in [4.69, 9.17) is 4.74 Å². The molecular formula is C17H20N2O. The highest BCUT2D eigenvalue weighted by atomic mass is 16.5. The van der Waals surface area contributed by atoms with Crippen LogP contribution in [0.5, 0.6) is 0 Å². The molecule has 1 fully saturated rings. The third-order valence-corrected chi connectivity index (χ3v) is 3.66. The van der Waals surface area contributed by atoms with Gasteiger partial charge in [-0.2, -0.15) is 0 Å². The Morgan fingerprint density at radius 1 is 1.05 bits per heavy atom. The number of benzene rings is 2. The third-order valence-electron chi connectivity index (χ3n) is 3.66. The summed E-state index contributed by atoms with van der Waals surface area (Å²) < 4.78 is 5.34. The van der Waals surface area contributed by atoms with Crippen molar-refractivity contribution in [2.75, 3.05) is 39.4 Å². The summed E-state index contributed by atoms with van der Waals surface area (Å²) in [6.45, 7) is 5.65. The van der Waals surface area contributed by atoms with E-state index in [1.165, 1.54) is 16.3 Å². The van der Waals surface area contributed by atoms with E-state index >= 15 is 0 Å². The van der Waals surface area contributed by atoms with Crippen LogP contribution in [0.15, 0.2) is 47.5 Å². The van der Waals surface area contributed by atoms with E-state index in [9.17, 15) is 0 Å². The van der Waals surface area contributed by atoms with Crippen molar-refractivity contribution in [2.24, 2.45) is 4.99 Å². The normalized spacial score (nSPS) is 17.0. The van der Waals surface area contributed by atoms with Gasteiger partial charge in [-0.05, 0) is 22.4 Å². The van der Waals surface area contributed by atoms with Gasteiger partial charge in [-0.15, -0.1) is 0 Å². The Bertz CT molecular complexity index is 588. The van der Waals surface area contributed by atoms with Crippen LogP contribution in [0, 0.1) is 0 Å². The van der Waals surface area contributed by atoms with Gasteiger partial charge in [-0.3, -0.25) is 9.89 Å². The molecule has 0 aromatic heterocycles. The summed E-state index contributed by atoms with van der Waals surface area (Å²) in [5, 5.41) is 2.54. The summed E-state index contributed by atoms with van der Waals surface area (Å²) in [5.41, 5.74) is 1.17. The summed E-state index contributed by atoms with van der Waals surface area (Å²) in [4.78, 5) is 6.94. The highest BCUT2D eigenvalue weighted by Crippen LogP contribution is 2.14. The molecule has 3 heteroatoms. The molecule has 104 valence electrons. The molecule has 0 spiro atoms. The second-order valence-electron chi connectivity index (χ2n) is 5.10. The van der Waals surface area contributed by atoms with Crippen LogP contribution in [0.4, 0.5) is 0 Å². The predicted octanol–water partition coefficient (Wildman–Crippen LogP) is 2.59. The molecule has 0 N–H and O–H groups in total. The predicted molar refractivity (Wildman–Crippen MR) is 83.7 cm³/mol. The molecule has 0 bridgehead atoms. The van der Waals surface area contributed by atoms with E-state index in [-0.39, 0.29) is 0 Å². The van der Waals surface area contributed by atoms with Gasteiger partial charge in [0.1, 0.15) is 0 Å². The minimum absolute atomic E-state index is 0.854. The molecule has 1 saturated heterocycles. The number of aliphatic imine (C=N–C) groups is 1. The van der Waals surface area contributed by atoms with Gasteiger partial charge >= 0.3 is 0 Å². The SMILES string of the molecule is C(=NCCN1CCOCC1)c1ccc2ccccc2c1. The van der Waals surface area contributed by atoms with Crippen LogP contribution in [0.25, 0.3) is 10.8 Å². The van der Waals surface area contributed by atoms with Crippen LogP contribution < -0.4 is 0 Å². The van der Waals surface area contributed by atoms with E-state index in [0.717, 1.165) is 39.4 Å². The number of morpholine rings is 1. The largest absolute Gasteiger partial charge is 0.379 e. The molecule has 3 nitrogen and oxygen atoms in total. The fourth-order valence-corrected chi connectivity index (χ4v) is 2.48. The minimum Gasteiger partial charge on any atom is -0.379 e. The van der Waals surface area contributed by atoms with Gasteiger partial charge in [0.15, 0.2) is 0 Å². The van der Waals surface area contributed by atoms with Crippen LogP contribution >= 0.6 is 0 Å². The molecule has 2 aromatic carbocycles. The van der Waals surface area contributed by atoms with Crippen molar-refractivity contribution in [3.63, 3.8) is 0 Å². The van der Waals surface area contributed by atoms with Crippen molar-refractivity contribution in [3.8, 4) is 0 Å². The maximum atomic E-state index is 5.34. The Labute approximate surface area is 119 Å². The second kappa shape index (κ2) is 6.64. The number of nitrogens with zero attached hydrogens (tertiary/aromatic N) is 2. The molecular weight excluding hydrogens is 248 g/mol. The van der Waals surface area contributed by atoms with Gasteiger partial charge in [0, 0.05) is 25.8 Å². The van der Waals surface area contributed by atoms with E-state index < -0.39 is 0 Å². The summed E-state index contributed by atoms with van der Waals surface area (Å²) in [7, 11) is 0. The first-order valence-corrected chi connectivity index (χ1v) is 7.20. The Kier molecular flexibility index (Phi) is 4.41. The Hall–Kier alpha value is -1.71. The van der Waals surface area contributed by atoms with Gasteiger partial charge in [0.2, 0.25) is 0 Å². The number of hydrogen-bond donors (Lipinski definition) is 0. The minimum atomic E-state index is 0.854. The maximum absolute atomic E-state index is 5.34. The first-order chi connectivity index (χ1) is 9.92. The topological polar surface area (TPSA) is 24.8 Å². The lowest BCUT2D eigenvalue weighted by molar-refractivity contribution is 0.0395. The quantitative estimate of drug-likeness (QED) is 0.796. The van der Waals surface area contributed by atoms with Crippen LogP contribution in [-0.2, 0) is 4.74 Å². The fourth-order valence-electron chi connectivity index (χ4n) is 2.48. The van der Waals surface area contributed by atoms with E-state index in [0.29, 0.717) is 0 Å². The van der Waals surface area contributed by atoms with E-state index in [1.807, 2.05) is 6.21 Å². The fraction of sp³-hybridized carbons (Fsp3) is 0.353. The molecule has 0 unspecified atom stereocenters. The lowest BCUT2D eigenvalue weighted by Crippen LogP contribution is -2.37. The molecule has 1 aliphatic rings. The zero-order valence-corrected chi connectivity index (χ0v) is 11.7. The summed E-state index contributed by atoms with van der Waals surface area (Å²) in [6.07, 6.45) is 1.98. The second-order valence-corrected chi connectivity index (χ2v) is 5.10. The molecule has 3 rings (SSSR count). The van der Waals surface area contributed by atoms with E-state index in [2.05, 4.69) is 52.4 Å². The van der Waals surface area contributed by atoms with Crippen molar-refractivity contribution in [3.05, 3.63) is 48.0 Å². The van der Waals surface area contributed by atoms with Gasteiger partial charge in [0.05, 0.1) is 19.8 Å². The molecule has 0 saturated carbocycles. The molecule has 0 atom stereocenters. The van der Waals surface area contributed by atoms with Crippen molar-refractivity contribution in [1.82, 2.24) is 4.90 Å². The molecule has 1 aliphatic heterocycles. The number of rotatable bonds is 4. The highest BCUT2D eigenvalue weighted by molar-refractivity contribution is 5.90. The summed E-state index contributed by atoms with van der Waals surface area (Å²) in [5.74, 6) is 0. The summed E-state index contributed by atoms with van der Waals surface area (Å²) >= 11 is 0. The molecule has 1 heterocycles. The lowest BCUT2D eigenvalue weighted by Gasteiger charge is -2.25. The van der Waals surface area contributed by atoms with Crippen LogP contribution in [-0.4, -0.2) is 50.5 Å². The van der Waals surface area contributed by atoms with Gasteiger partial charge in [0.25, 0.3) is 0 Å². The lowest BCUT2D eigenvalue weighted by atomic mass is 10.1. The molecule has 0 aliphatic carbocycles. The Morgan fingerprint density at radius 2 is 1.85 bits per heavy atom. The van der Waals surface area contributed by atoms with Crippen molar-refractivity contribution in [1.29, 1.82) is 0 Å². The third kappa shape index (κ3) is 3.44. The smallest absolute Gasteiger partial charge is 0.0594 e. The van der Waals surface area contributed by atoms with Crippen LogP contribution in [0.2, 0.25) is 0 Å². The average molecular weight is 268 g/mol. The monoisotopic (exact) mass is 268 g/mol. The first-order valence-electron chi connectivity index (χ1n) is 7.20. The Balaban J connectivity index is 1.56. The van der Waals surface area contributed by atoms with E-state index in [1.54, 1.807) is 0 Å². The summed E-state index contributed by atoms with van der Waals surface area (Å²) in [6, 6.07) is 14.9. The van der Waals surface area contributed by atoms with Gasteiger partial charge in [-0.1, -0.05) is 36.4 Å². The number of hydrogen-bond acceptors (Lipinski definition) is 3. The van der Waals surface area contributed by atoms with Crippen LogP contribution in [0.1, 0.15) is 5.56 Å². The van der Waals surface area contributed by atoms with Crippen molar-refractivity contribution in [2.45, 2.75) is 0 Å². The highest BCUT2D eigenvalue weighted by Gasteiger charge is 2.08. The molecule has 2 aromatic rings. The molecule has 0 radical (unpaired) electrons. The maximum Gasteiger partial charge on any atom is 0.0594 e. The number of fused-ring (bicyclic) bond motifs is 1. The standard InChI is InChI=1S/C17H20N2O/c1-2-4-17-13-15(5-6-16(17)3-1)14-18-7-8-19-9-11-20-12-10-19/h1-6,13-14H,7-12H2. The first kappa shape index (κ1) is 13.3. The zero-order valence-electron chi connectivity index (χ0n) is 11.7. The number of ether oxygens (including phenoxy) is 1. The van der Waals surface area contributed by atoms with Gasteiger partial charge < -0.3 is 4.74 Å². The molecule has 0 amide bonds. The molecule has 20 heavy (non-hydrogen) atoms. The van der Waals surface area contributed by atoms with Crippen molar-refractivity contribution >= 4 is 17.0 Å². The zero-order chi connectivity index (χ0) is 13.6. The average Bonchev–Trinajstić information content (AvgIpc) is 2.52. The van der Waals surface area contributed by atoms with Crippen LogP contribution in [0.3, 0.4) is 0 Å². The Morgan fingerprint density at radius 3 is 2.70 bits per heavy atom. The van der Waals surface area contributed by atoms with Crippen molar-refractivity contribution < 1.29 is 4.74 Å².